The van der Waals surface area contributed by atoms with Crippen molar-refractivity contribution in [1.82, 2.24) is 9.80 Å². The molecule has 0 N–H and O–H groups in total. The Morgan fingerprint density at radius 1 is 1.44 bits per heavy atom. The van der Waals surface area contributed by atoms with Gasteiger partial charge in [-0.1, -0.05) is 22.0 Å². The first-order chi connectivity index (χ1) is 7.66. The van der Waals surface area contributed by atoms with Crippen LogP contribution in [0.25, 0.3) is 0 Å². The van der Waals surface area contributed by atoms with E-state index in [0.29, 0.717) is 0 Å². The summed E-state index contributed by atoms with van der Waals surface area (Å²) < 4.78 is 1.09. The highest BCUT2D eigenvalue weighted by Gasteiger charge is 2.39. The van der Waals surface area contributed by atoms with Gasteiger partial charge in [0.25, 0.3) is 0 Å². The zero-order valence-corrected chi connectivity index (χ0v) is 10.7. The summed E-state index contributed by atoms with van der Waals surface area (Å²) in [6, 6.07) is 6.81. The van der Waals surface area contributed by atoms with Gasteiger partial charge in [0.2, 0.25) is 0 Å². The number of likely N-dealkylation sites (N-methyl/N-ethyl adjacent to an activating group) is 1. The first-order valence-corrected chi connectivity index (χ1v) is 6.26. The zero-order chi connectivity index (χ0) is 11.3. The maximum atomic E-state index is 11.9. The van der Waals surface area contributed by atoms with E-state index in [9.17, 15) is 4.79 Å². The molecule has 4 heteroatoms. The van der Waals surface area contributed by atoms with Crippen LogP contribution in [-0.2, 0) is 6.42 Å². The highest BCUT2D eigenvalue weighted by atomic mass is 79.9. The van der Waals surface area contributed by atoms with Crippen LogP contribution in [0.15, 0.2) is 22.7 Å². The average Bonchev–Trinajstić information content (AvgIpc) is 2.56. The molecule has 0 radical (unpaired) electrons. The third-order valence-electron chi connectivity index (χ3n) is 3.48. The van der Waals surface area contributed by atoms with Gasteiger partial charge >= 0.3 is 6.03 Å². The number of urea groups is 1. The maximum absolute atomic E-state index is 11.9. The molecule has 2 aliphatic rings. The fourth-order valence-electron chi connectivity index (χ4n) is 2.65. The molecule has 0 saturated carbocycles. The molecule has 0 bridgehead atoms. The van der Waals surface area contributed by atoms with Crippen molar-refractivity contribution in [2.45, 2.75) is 12.5 Å². The van der Waals surface area contributed by atoms with Gasteiger partial charge in [-0.25, -0.2) is 4.79 Å². The predicted molar refractivity (Wildman–Crippen MR) is 65.3 cm³/mol. The highest BCUT2D eigenvalue weighted by molar-refractivity contribution is 9.10. The molecule has 1 saturated heterocycles. The Balaban J connectivity index is 2.06. The molecule has 0 spiro atoms. The van der Waals surface area contributed by atoms with Crippen LogP contribution in [0, 0.1) is 0 Å². The summed E-state index contributed by atoms with van der Waals surface area (Å²) in [5.41, 5.74) is 2.69. The molecule has 84 valence electrons. The molecule has 1 unspecified atom stereocenters. The second-order valence-corrected chi connectivity index (χ2v) is 5.38. The standard InChI is InChI=1S/C12H13BrN2O/c1-14-7-11-10-6-9(13)3-2-8(10)4-5-15(11)12(14)16/h2-3,6,11H,4-5,7H2,1H3. The Kier molecular flexibility index (Phi) is 2.21. The third kappa shape index (κ3) is 1.36. The number of nitrogens with zero attached hydrogens (tertiary/aromatic N) is 2. The molecule has 0 aliphatic carbocycles. The number of carbonyl (C=O) groups is 1. The molecule has 16 heavy (non-hydrogen) atoms. The van der Waals surface area contributed by atoms with Crippen LogP contribution in [0.4, 0.5) is 4.79 Å². The molecule has 1 aromatic rings. The summed E-state index contributed by atoms with van der Waals surface area (Å²) in [4.78, 5) is 15.7. The van der Waals surface area contributed by atoms with Crippen molar-refractivity contribution in [2.75, 3.05) is 20.1 Å². The van der Waals surface area contributed by atoms with Gasteiger partial charge in [0.05, 0.1) is 6.04 Å². The quantitative estimate of drug-likeness (QED) is 0.716. The van der Waals surface area contributed by atoms with Crippen molar-refractivity contribution in [1.29, 1.82) is 0 Å². The largest absolute Gasteiger partial charge is 0.325 e. The van der Waals surface area contributed by atoms with Crippen molar-refractivity contribution in [2.24, 2.45) is 0 Å². The second kappa shape index (κ2) is 3.48. The molecule has 3 nitrogen and oxygen atoms in total. The molecule has 2 aliphatic heterocycles. The molecule has 1 atom stereocenters. The Bertz CT molecular complexity index is 460. The first kappa shape index (κ1) is 10.1. The molecular formula is C12H13BrN2O. The van der Waals surface area contributed by atoms with E-state index in [1.54, 1.807) is 4.90 Å². The van der Waals surface area contributed by atoms with Gasteiger partial charge in [-0.15, -0.1) is 0 Å². The maximum Gasteiger partial charge on any atom is 0.320 e. The average molecular weight is 281 g/mol. The van der Waals surface area contributed by atoms with Crippen molar-refractivity contribution in [3.63, 3.8) is 0 Å². The Morgan fingerprint density at radius 3 is 3.06 bits per heavy atom. The summed E-state index contributed by atoms with van der Waals surface area (Å²) in [6.07, 6.45) is 0.971. The lowest BCUT2D eigenvalue weighted by Gasteiger charge is -2.30. The summed E-state index contributed by atoms with van der Waals surface area (Å²) >= 11 is 3.50. The Morgan fingerprint density at radius 2 is 2.25 bits per heavy atom. The van der Waals surface area contributed by atoms with E-state index >= 15 is 0 Å². The van der Waals surface area contributed by atoms with Gasteiger partial charge in [0, 0.05) is 24.6 Å². The van der Waals surface area contributed by atoms with Gasteiger partial charge in [-0.3, -0.25) is 0 Å². The number of benzene rings is 1. The van der Waals surface area contributed by atoms with E-state index < -0.39 is 0 Å². The van der Waals surface area contributed by atoms with Crippen LogP contribution < -0.4 is 0 Å². The van der Waals surface area contributed by atoms with Crippen LogP contribution in [-0.4, -0.2) is 36.0 Å². The fourth-order valence-corrected chi connectivity index (χ4v) is 3.03. The van der Waals surface area contributed by atoms with Gasteiger partial charge < -0.3 is 9.80 Å². The molecule has 2 heterocycles. The SMILES string of the molecule is CN1CC2c3cc(Br)ccc3CCN2C1=O. The van der Waals surface area contributed by atoms with Crippen molar-refractivity contribution >= 4 is 22.0 Å². The number of halogens is 1. The molecule has 1 aromatic carbocycles. The van der Waals surface area contributed by atoms with Gasteiger partial charge in [0.1, 0.15) is 0 Å². The van der Waals surface area contributed by atoms with E-state index in [-0.39, 0.29) is 12.1 Å². The Hall–Kier alpha value is -1.03. The lowest BCUT2D eigenvalue weighted by Crippen LogP contribution is -2.35. The topological polar surface area (TPSA) is 23.6 Å². The van der Waals surface area contributed by atoms with Crippen molar-refractivity contribution < 1.29 is 4.79 Å². The van der Waals surface area contributed by atoms with Crippen LogP contribution in [0.2, 0.25) is 0 Å². The lowest BCUT2D eigenvalue weighted by atomic mass is 9.94. The number of amides is 2. The molecule has 0 aromatic heterocycles. The fraction of sp³-hybridized carbons (Fsp3) is 0.417. The Labute approximate surface area is 103 Å². The number of carbonyl (C=O) groups excluding carboxylic acids is 1. The van der Waals surface area contributed by atoms with E-state index in [0.717, 1.165) is 24.0 Å². The molecule has 1 fully saturated rings. The second-order valence-electron chi connectivity index (χ2n) is 4.47. The predicted octanol–water partition coefficient (Wildman–Crippen LogP) is 2.41. The van der Waals surface area contributed by atoms with Crippen LogP contribution >= 0.6 is 15.9 Å². The summed E-state index contributed by atoms with van der Waals surface area (Å²) in [5.74, 6) is 0. The molecular weight excluding hydrogens is 268 g/mol. The van der Waals surface area contributed by atoms with E-state index in [4.69, 9.17) is 0 Å². The summed E-state index contributed by atoms with van der Waals surface area (Å²) in [7, 11) is 1.87. The van der Waals surface area contributed by atoms with E-state index in [1.807, 2.05) is 11.9 Å². The van der Waals surface area contributed by atoms with E-state index in [1.165, 1.54) is 11.1 Å². The number of hydrogen-bond donors (Lipinski definition) is 0. The van der Waals surface area contributed by atoms with Crippen molar-refractivity contribution in [3.05, 3.63) is 33.8 Å². The summed E-state index contributed by atoms with van der Waals surface area (Å²) in [5, 5.41) is 0. The van der Waals surface area contributed by atoms with Gasteiger partial charge in [-0.05, 0) is 29.7 Å². The van der Waals surface area contributed by atoms with Gasteiger partial charge in [-0.2, -0.15) is 0 Å². The molecule has 3 rings (SSSR count). The number of hydrogen-bond acceptors (Lipinski definition) is 1. The minimum atomic E-state index is 0.163. The number of rotatable bonds is 0. The molecule has 2 amide bonds. The summed E-state index contributed by atoms with van der Waals surface area (Å²) in [6.45, 7) is 1.66. The zero-order valence-electron chi connectivity index (χ0n) is 9.11. The third-order valence-corrected chi connectivity index (χ3v) is 3.98. The minimum absolute atomic E-state index is 0.163. The van der Waals surface area contributed by atoms with Gasteiger partial charge in [0.15, 0.2) is 0 Å². The van der Waals surface area contributed by atoms with Crippen molar-refractivity contribution in [3.8, 4) is 0 Å². The van der Waals surface area contributed by atoms with E-state index in [2.05, 4.69) is 34.1 Å². The minimum Gasteiger partial charge on any atom is -0.325 e. The smallest absolute Gasteiger partial charge is 0.320 e. The van der Waals surface area contributed by atoms with Crippen LogP contribution in [0.3, 0.4) is 0 Å². The highest BCUT2D eigenvalue weighted by Crippen LogP contribution is 2.36. The van der Waals surface area contributed by atoms with Crippen LogP contribution in [0.1, 0.15) is 17.2 Å². The first-order valence-electron chi connectivity index (χ1n) is 5.47. The van der Waals surface area contributed by atoms with Crippen LogP contribution in [0.5, 0.6) is 0 Å². The number of fused-ring (bicyclic) bond motifs is 3. The lowest BCUT2D eigenvalue weighted by molar-refractivity contribution is 0.189. The monoisotopic (exact) mass is 280 g/mol. The normalized spacial score (nSPS) is 23.4.